The summed E-state index contributed by atoms with van der Waals surface area (Å²) in [4.78, 5) is 14.3. The highest BCUT2D eigenvalue weighted by atomic mass is 28.3. The Morgan fingerprint density at radius 2 is 1.28 bits per heavy atom. The summed E-state index contributed by atoms with van der Waals surface area (Å²) in [6.45, 7) is 8.97. The fraction of sp³-hybridized carbons (Fsp3) is 0.139. The summed E-state index contributed by atoms with van der Waals surface area (Å²) in [7, 11) is -2.82. The Morgan fingerprint density at radius 3 is 1.92 bits per heavy atom. The molecule has 1 aliphatic heterocycles. The molecule has 0 N–H and O–H groups in total. The topological polar surface area (TPSA) is 22.0 Å². The summed E-state index contributed by atoms with van der Waals surface area (Å²) in [5.41, 5.74) is 10.9. The van der Waals surface area contributed by atoms with Crippen LogP contribution in [0.15, 0.2) is 120 Å². The van der Waals surface area contributed by atoms with Crippen molar-refractivity contribution in [1.29, 1.82) is 0 Å². The van der Waals surface area contributed by atoms with Gasteiger partial charge in [-0.15, -0.1) is 5.54 Å². The zero-order valence-electron chi connectivity index (χ0n) is 22.8. The van der Waals surface area contributed by atoms with Crippen molar-refractivity contribution in [3.63, 3.8) is 0 Å². The van der Waals surface area contributed by atoms with Gasteiger partial charge in [-0.05, 0) is 63.3 Å². The van der Waals surface area contributed by atoms with Crippen LogP contribution in [-0.4, -0.2) is 12.6 Å². The number of pyridine rings is 1. The Kier molecular flexibility index (Phi) is 6.01. The third-order valence-corrected chi connectivity index (χ3v) is 13.2. The summed E-state index contributed by atoms with van der Waals surface area (Å²) in [5, 5.41) is 2.37. The van der Waals surface area contributed by atoms with E-state index in [1.54, 1.807) is 0 Å². The SMILES string of the molecule is Cc1c2c(c(-c3ccccc3)n(-c3ccccc3)c1=O)[Si@@](C#Cc1ccccc1)(C(C)(C)C)c1ccccc1-2. The van der Waals surface area contributed by atoms with Gasteiger partial charge in [-0.25, -0.2) is 0 Å². The summed E-state index contributed by atoms with van der Waals surface area (Å²) < 4.78 is 1.94. The molecule has 0 saturated heterocycles. The van der Waals surface area contributed by atoms with E-state index in [1.807, 2.05) is 66.1 Å². The molecule has 2 nitrogen and oxygen atoms in total. The molecule has 6 rings (SSSR count). The average molecular weight is 522 g/mol. The molecule has 1 aliphatic rings. The van der Waals surface area contributed by atoms with Crippen LogP contribution in [0.25, 0.3) is 28.1 Å². The smallest absolute Gasteiger partial charge is 0.259 e. The number of para-hydroxylation sites is 1. The Morgan fingerprint density at radius 1 is 0.718 bits per heavy atom. The number of fused-ring (bicyclic) bond motifs is 3. The average Bonchev–Trinajstić information content (AvgIpc) is 3.26. The van der Waals surface area contributed by atoms with Crippen molar-refractivity contribution >= 4 is 18.4 Å². The van der Waals surface area contributed by atoms with Crippen LogP contribution in [0, 0.1) is 18.4 Å². The second-order valence-corrected chi connectivity index (χ2v) is 15.5. The van der Waals surface area contributed by atoms with Crippen molar-refractivity contribution in [2.75, 3.05) is 0 Å². The minimum absolute atomic E-state index is 0.0170. The third kappa shape index (κ3) is 3.83. The van der Waals surface area contributed by atoms with Gasteiger partial charge in [0.05, 0.1) is 5.69 Å². The van der Waals surface area contributed by atoms with Gasteiger partial charge in [-0.2, -0.15) is 0 Å². The molecule has 0 unspecified atom stereocenters. The third-order valence-electron chi connectivity index (χ3n) is 7.94. The predicted molar refractivity (Wildman–Crippen MR) is 166 cm³/mol. The van der Waals surface area contributed by atoms with Crippen molar-refractivity contribution in [3.05, 3.63) is 137 Å². The molecule has 0 bridgehead atoms. The van der Waals surface area contributed by atoms with E-state index < -0.39 is 8.07 Å². The van der Waals surface area contributed by atoms with E-state index in [0.717, 1.165) is 39.2 Å². The van der Waals surface area contributed by atoms with E-state index in [0.29, 0.717) is 0 Å². The van der Waals surface area contributed by atoms with Crippen LogP contribution in [0.5, 0.6) is 0 Å². The largest absolute Gasteiger partial charge is 0.277 e. The zero-order chi connectivity index (χ0) is 27.2. The number of hydrogen-bond acceptors (Lipinski definition) is 1. The molecule has 5 aromatic rings. The lowest BCUT2D eigenvalue weighted by atomic mass is 9.98. The predicted octanol–water partition coefficient (Wildman–Crippen LogP) is 6.75. The van der Waals surface area contributed by atoms with Crippen LogP contribution in [0.3, 0.4) is 0 Å². The zero-order valence-corrected chi connectivity index (χ0v) is 23.8. The molecule has 190 valence electrons. The maximum Gasteiger partial charge on any atom is 0.259 e. The van der Waals surface area contributed by atoms with E-state index in [2.05, 4.69) is 92.9 Å². The molecule has 3 heteroatoms. The summed E-state index contributed by atoms with van der Waals surface area (Å²) in [5.74, 6) is 3.61. The van der Waals surface area contributed by atoms with E-state index in [9.17, 15) is 4.79 Å². The van der Waals surface area contributed by atoms with Gasteiger partial charge < -0.3 is 0 Å². The standard InChI is InChI=1S/C36H31NOSi/c1-26-32-30-22-14-15-23-31(30)39(36(2,3)4,25-24-27-16-8-5-9-17-27)34(32)33(28-18-10-6-11-19-28)37(35(26)38)29-20-12-7-13-21-29/h5-23H,1-4H3/t39-/m0/s1. The monoisotopic (exact) mass is 521 g/mol. The number of benzene rings is 4. The van der Waals surface area contributed by atoms with Gasteiger partial charge in [-0.1, -0.05) is 118 Å². The maximum atomic E-state index is 14.3. The molecular formula is C36H31NOSi. The number of aromatic nitrogens is 1. The van der Waals surface area contributed by atoms with Crippen LogP contribution in [-0.2, 0) is 0 Å². The first-order valence-corrected chi connectivity index (χ1v) is 15.4. The van der Waals surface area contributed by atoms with E-state index >= 15 is 0 Å². The molecule has 2 heterocycles. The fourth-order valence-electron chi connectivity index (χ4n) is 6.14. The van der Waals surface area contributed by atoms with Gasteiger partial charge in [-0.3, -0.25) is 9.36 Å². The molecule has 1 atom stereocenters. The Balaban J connectivity index is 1.86. The molecule has 0 fully saturated rings. The van der Waals surface area contributed by atoms with E-state index in [4.69, 9.17) is 0 Å². The number of nitrogens with zero attached hydrogens (tertiary/aromatic N) is 1. The minimum Gasteiger partial charge on any atom is -0.277 e. The lowest BCUT2D eigenvalue weighted by Gasteiger charge is -2.39. The van der Waals surface area contributed by atoms with E-state index in [-0.39, 0.29) is 10.6 Å². The van der Waals surface area contributed by atoms with Gasteiger partial charge in [0.15, 0.2) is 0 Å². The summed E-state index contributed by atoms with van der Waals surface area (Å²) in [6.07, 6.45) is 0. The molecular weight excluding hydrogens is 490 g/mol. The molecule has 0 radical (unpaired) electrons. The van der Waals surface area contributed by atoms with Crippen LogP contribution in [0.1, 0.15) is 31.9 Å². The Bertz CT molecular complexity index is 1800. The summed E-state index contributed by atoms with van der Waals surface area (Å²) in [6, 6.07) is 39.4. The van der Waals surface area contributed by atoms with Crippen LogP contribution < -0.4 is 15.9 Å². The normalized spacial score (nSPS) is 15.7. The lowest BCUT2D eigenvalue weighted by molar-refractivity contribution is 0.741. The van der Waals surface area contributed by atoms with Gasteiger partial charge in [0, 0.05) is 16.8 Å². The van der Waals surface area contributed by atoms with Crippen molar-refractivity contribution < 1.29 is 0 Å². The second kappa shape index (κ2) is 9.41. The van der Waals surface area contributed by atoms with Gasteiger partial charge in [0.1, 0.15) is 0 Å². The molecule has 39 heavy (non-hydrogen) atoms. The van der Waals surface area contributed by atoms with Crippen molar-refractivity contribution in [1.82, 2.24) is 4.57 Å². The first-order valence-electron chi connectivity index (χ1n) is 13.4. The van der Waals surface area contributed by atoms with Gasteiger partial charge in [0.25, 0.3) is 5.56 Å². The highest BCUT2D eigenvalue weighted by molar-refractivity contribution is 7.13. The summed E-state index contributed by atoms with van der Waals surface area (Å²) >= 11 is 0. The quantitative estimate of drug-likeness (QED) is 0.186. The van der Waals surface area contributed by atoms with Gasteiger partial charge >= 0.3 is 0 Å². The molecule has 1 aromatic heterocycles. The molecule has 0 amide bonds. The van der Waals surface area contributed by atoms with Crippen molar-refractivity contribution in [2.45, 2.75) is 32.7 Å². The first-order chi connectivity index (χ1) is 18.8. The Labute approximate surface area is 231 Å². The Hall–Kier alpha value is -4.39. The minimum atomic E-state index is -2.82. The van der Waals surface area contributed by atoms with E-state index in [1.165, 1.54) is 10.4 Å². The molecule has 4 aromatic carbocycles. The van der Waals surface area contributed by atoms with Crippen LogP contribution >= 0.6 is 0 Å². The molecule has 0 saturated carbocycles. The fourth-order valence-corrected chi connectivity index (χ4v) is 11.2. The number of rotatable bonds is 2. The second-order valence-electron chi connectivity index (χ2n) is 11.2. The van der Waals surface area contributed by atoms with Crippen LogP contribution in [0.2, 0.25) is 5.04 Å². The lowest BCUT2D eigenvalue weighted by Crippen LogP contribution is -2.62. The maximum absolute atomic E-state index is 14.3. The van der Waals surface area contributed by atoms with Crippen molar-refractivity contribution in [3.8, 4) is 39.5 Å². The van der Waals surface area contributed by atoms with Gasteiger partial charge in [0.2, 0.25) is 8.07 Å². The highest BCUT2D eigenvalue weighted by Gasteiger charge is 2.55. The molecule has 0 spiro atoms. The molecule has 0 aliphatic carbocycles. The first kappa shape index (κ1) is 24.9. The highest BCUT2D eigenvalue weighted by Crippen LogP contribution is 2.45. The van der Waals surface area contributed by atoms with Crippen LogP contribution in [0.4, 0.5) is 0 Å². The van der Waals surface area contributed by atoms with Crippen molar-refractivity contribution in [2.24, 2.45) is 0 Å². The number of hydrogen-bond donors (Lipinski definition) is 0.